The van der Waals surface area contributed by atoms with Gasteiger partial charge >= 0.3 is 0 Å². The highest BCUT2D eigenvalue weighted by molar-refractivity contribution is 6.31. The molecule has 181 valence electrons. The number of hydrogen-bond donors (Lipinski definition) is 4. The van der Waals surface area contributed by atoms with Gasteiger partial charge in [0, 0.05) is 52.4 Å². The number of rotatable bonds is 8. The molecule has 0 heterocycles. The molecule has 0 saturated heterocycles. The van der Waals surface area contributed by atoms with Crippen LogP contribution in [0, 0.1) is 11.9 Å². The zero-order valence-electron chi connectivity index (χ0n) is 19.1. The summed E-state index contributed by atoms with van der Waals surface area (Å²) in [6.07, 6.45) is 0. The molecule has 8 heteroatoms. The largest absolute Gasteiger partial charge is 0.399 e. The minimum absolute atomic E-state index is 0.210. The third kappa shape index (κ3) is 6.61. The first-order chi connectivity index (χ1) is 17.4. The van der Waals surface area contributed by atoms with Crippen LogP contribution >= 0.6 is 11.6 Å². The predicted octanol–water partition coefficient (Wildman–Crippen LogP) is 5.47. The van der Waals surface area contributed by atoms with Crippen LogP contribution in [0.3, 0.4) is 0 Å². The van der Waals surface area contributed by atoms with Gasteiger partial charge in [-0.1, -0.05) is 41.9 Å². The SMILES string of the molecule is Nc1cc(Nc2[c]cc(C(=O)NCc3cccc(F)c3)cc2)cc(C(=O)NCc2ccccc2Cl)c1. The topological polar surface area (TPSA) is 96.2 Å². The monoisotopic (exact) mass is 501 g/mol. The second-order valence-corrected chi connectivity index (χ2v) is 8.45. The first kappa shape index (κ1) is 24.8. The molecule has 0 saturated carbocycles. The Morgan fingerprint density at radius 3 is 2.39 bits per heavy atom. The summed E-state index contributed by atoms with van der Waals surface area (Å²) >= 11 is 6.15. The van der Waals surface area contributed by atoms with Crippen LogP contribution in [0.2, 0.25) is 5.02 Å². The third-order valence-corrected chi connectivity index (χ3v) is 5.68. The van der Waals surface area contributed by atoms with E-state index in [-0.39, 0.29) is 30.7 Å². The maximum atomic E-state index is 13.3. The van der Waals surface area contributed by atoms with Crippen LogP contribution < -0.4 is 21.7 Å². The highest BCUT2D eigenvalue weighted by Gasteiger charge is 2.10. The van der Waals surface area contributed by atoms with Gasteiger partial charge in [-0.3, -0.25) is 9.59 Å². The van der Waals surface area contributed by atoms with E-state index in [1.165, 1.54) is 12.1 Å². The summed E-state index contributed by atoms with van der Waals surface area (Å²) in [4.78, 5) is 25.1. The van der Waals surface area contributed by atoms with Gasteiger partial charge in [-0.05, 0) is 65.7 Å². The zero-order chi connectivity index (χ0) is 25.5. The molecule has 0 aliphatic heterocycles. The van der Waals surface area contributed by atoms with Crippen LogP contribution in [-0.4, -0.2) is 11.8 Å². The summed E-state index contributed by atoms with van der Waals surface area (Å²) < 4.78 is 13.3. The average Bonchev–Trinajstić information content (AvgIpc) is 2.87. The van der Waals surface area contributed by atoms with Gasteiger partial charge in [0.1, 0.15) is 5.82 Å². The number of amides is 2. The second kappa shape index (κ2) is 11.4. The Labute approximate surface area is 213 Å². The third-order valence-electron chi connectivity index (χ3n) is 5.31. The van der Waals surface area contributed by atoms with Crippen LogP contribution in [-0.2, 0) is 13.1 Å². The van der Waals surface area contributed by atoms with Crippen molar-refractivity contribution in [2.75, 3.05) is 11.1 Å². The highest BCUT2D eigenvalue weighted by atomic mass is 35.5. The molecular formula is C28H23ClFN4O2. The lowest BCUT2D eigenvalue weighted by atomic mass is 10.1. The smallest absolute Gasteiger partial charge is 0.251 e. The lowest BCUT2D eigenvalue weighted by molar-refractivity contribution is 0.0943. The second-order valence-electron chi connectivity index (χ2n) is 8.05. The molecule has 0 bridgehead atoms. The van der Waals surface area contributed by atoms with E-state index in [0.717, 1.165) is 5.56 Å². The molecule has 2 amide bonds. The molecule has 0 aliphatic carbocycles. The molecule has 0 fully saturated rings. The van der Waals surface area contributed by atoms with Crippen molar-refractivity contribution < 1.29 is 14.0 Å². The van der Waals surface area contributed by atoms with Gasteiger partial charge in [-0.2, -0.15) is 0 Å². The summed E-state index contributed by atoms with van der Waals surface area (Å²) in [5, 5.41) is 9.31. The van der Waals surface area contributed by atoms with Crippen LogP contribution in [0.15, 0.2) is 84.9 Å². The predicted molar refractivity (Wildman–Crippen MR) is 140 cm³/mol. The van der Waals surface area contributed by atoms with E-state index in [2.05, 4.69) is 22.0 Å². The number of hydrogen-bond acceptors (Lipinski definition) is 4. The fourth-order valence-corrected chi connectivity index (χ4v) is 3.71. The summed E-state index contributed by atoms with van der Waals surface area (Å²) in [6, 6.07) is 26.2. The Hall–Kier alpha value is -4.36. The molecule has 0 unspecified atom stereocenters. The molecule has 4 aromatic rings. The van der Waals surface area contributed by atoms with Crippen LogP contribution in [0.5, 0.6) is 0 Å². The number of halogens is 2. The van der Waals surface area contributed by atoms with Crippen molar-refractivity contribution in [3.05, 3.63) is 124 Å². The first-order valence-electron chi connectivity index (χ1n) is 11.1. The number of carbonyl (C=O) groups is 2. The number of benzene rings is 4. The fraction of sp³-hybridized carbons (Fsp3) is 0.0714. The summed E-state index contributed by atoms with van der Waals surface area (Å²) in [6.45, 7) is 0.494. The molecule has 4 rings (SSSR count). The maximum Gasteiger partial charge on any atom is 0.251 e. The first-order valence-corrected chi connectivity index (χ1v) is 11.5. The van der Waals surface area contributed by atoms with E-state index < -0.39 is 0 Å². The van der Waals surface area contributed by atoms with Gasteiger partial charge in [0.2, 0.25) is 0 Å². The molecule has 36 heavy (non-hydrogen) atoms. The quantitative estimate of drug-likeness (QED) is 0.241. The van der Waals surface area contributed by atoms with Gasteiger partial charge in [-0.15, -0.1) is 0 Å². The number of nitrogen functional groups attached to an aromatic ring is 1. The Morgan fingerprint density at radius 2 is 1.64 bits per heavy atom. The van der Waals surface area contributed by atoms with E-state index in [0.29, 0.717) is 38.8 Å². The Bertz CT molecular complexity index is 1390. The van der Waals surface area contributed by atoms with Gasteiger partial charge in [0.05, 0.1) is 0 Å². The Kier molecular flexibility index (Phi) is 7.82. The molecule has 0 spiro atoms. The molecule has 6 nitrogen and oxygen atoms in total. The van der Waals surface area contributed by atoms with E-state index >= 15 is 0 Å². The Morgan fingerprint density at radius 1 is 0.861 bits per heavy atom. The summed E-state index contributed by atoms with van der Waals surface area (Å²) in [7, 11) is 0. The molecule has 1 radical (unpaired) electrons. The molecule has 4 aromatic carbocycles. The van der Waals surface area contributed by atoms with E-state index in [9.17, 15) is 14.0 Å². The van der Waals surface area contributed by atoms with E-state index in [4.69, 9.17) is 17.3 Å². The molecule has 5 N–H and O–H groups in total. The summed E-state index contributed by atoms with van der Waals surface area (Å²) in [5.74, 6) is -0.948. The normalized spacial score (nSPS) is 10.5. The zero-order valence-corrected chi connectivity index (χ0v) is 19.9. The lowest BCUT2D eigenvalue weighted by Gasteiger charge is -2.12. The summed E-state index contributed by atoms with van der Waals surface area (Å²) in [5.41, 5.74) is 9.87. The van der Waals surface area contributed by atoms with Gasteiger partial charge < -0.3 is 21.7 Å². The van der Waals surface area contributed by atoms with E-state index in [1.54, 1.807) is 54.6 Å². The molecular weight excluding hydrogens is 479 g/mol. The fourth-order valence-electron chi connectivity index (χ4n) is 3.50. The molecule has 0 atom stereocenters. The van der Waals surface area contributed by atoms with Crippen molar-refractivity contribution >= 4 is 40.5 Å². The van der Waals surface area contributed by atoms with Crippen molar-refractivity contribution in [3.63, 3.8) is 0 Å². The minimum atomic E-state index is -0.353. The highest BCUT2D eigenvalue weighted by Crippen LogP contribution is 2.22. The number of anilines is 3. The van der Waals surface area contributed by atoms with Gasteiger partial charge in [0.25, 0.3) is 11.8 Å². The minimum Gasteiger partial charge on any atom is -0.399 e. The van der Waals surface area contributed by atoms with Crippen molar-refractivity contribution in [2.24, 2.45) is 0 Å². The van der Waals surface area contributed by atoms with Gasteiger partial charge in [0.15, 0.2) is 0 Å². The van der Waals surface area contributed by atoms with Crippen molar-refractivity contribution in [1.29, 1.82) is 0 Å². The average molecular weight is 502 g/mol. The lowest BCUT2D eigenvalue weighted by Crippen LogP contribution is -2.23. The number of carbonyl (C=O) groups excluding carboxylic acids is 2. The van der Waals surface area contributed by atoms with E-state index in [1.807, 2.05) is 18.2 Å². The Balaban J connectivity index is 1.37. The van der Waals surface area contributed by atoms with Crippen LogP contribution in [0.1, 0.15) is 31.8 Å². The van der Waals surface area contributed by atoms with Crippen LogP contribution in [0.25, 0.3) is 0 Å². The number of nitrogens with two attached hydrogens (primary N) is 1. The van der Waals surface area contributed by atoms with Crippen LogP contribution in [0.4, 0.5) is 21.5 Å². The van der Waals surface area contributed by atoms with Crippen molar-refractivity contribution in [3.8, 4) is 0 Å². The van der Waals surface area contributed by atoms with Crippen molar-refractivity contribution in [1.82, 2.24) is 10.6 Å². The maximum absolute atomic E-state index is 13.3. The molecule has 0 aromatic heterocycles. The standard InChI is InChI=1S/C28H23ClFN4O2/c29-26-7-2-1-5-20(26)17-33-28(36)21-13-23(31)15-25(14-21)34-24-10-8-19(9-11-24)27(35)32-16-18-4-3-6-22(30)12-18/h1-10,12-15,34H,16-17,31H2,(H,32,35)(H,33,36). The van der Waals surface area contributed by atoms with Gasteiger partial charge in [-0.25, -0.2) is 4.39 Å². The van der Waals surface area contributed by atoms with Crippen molar-refractivity contribution in [2.45, 2.75) is 13.1 Å². The number of nitrogens with one attached hydrogen (secondary N) is 3. The molecule has 0 aliphatic rings.